The number of rotatable bonds is 14. The molecule has 0 aromatic heterocycles. The van der Waals surface area contributed by atoms with E-state index in [0.717, 1.165) is 36.7 Å². The lowest BCUT2D eigenvalue weighted by Crippen LogP contribution is -2.65. The summed E-state index contributed by atoms with van der Waals surface area (Å²) >= 11 is 0. The van der Waals surface area contributed by atoms with Gasteiger partial charge in [-0.25, -0.2) is 0 Å². The Balaban J connectivity index is 1.50. The van der Waals surface area contributed by atoms with Crippen LogP contribution in [0.4, 0.5) is 0 Å². The molecule has 5 rings (SSSR count). The molecule has 4 fully saturated rings. The number of ether oxygens (including phenoxy) is 8. The first kappa shape index (κ1) is 49.9. The fourth-order valence-electron chi connectivity index (χ4n) is 12.7. The molecule has 0 amide bonds. The van der Waals surface area contributed by atoms with Crippen LogP contribution in [-0.2, 0) is 71.5 Å². The SMILES string of the molecule is CC(=O)OC[C@H]1O[C@@H](O[C@@H](C=C(C)C)C[C@@H](C)[C@H]2CC[C@@]3(C)[C@@H]4[C@@H](OC(C)=O)C=C5[C@H](CC[C@H](OC(C)=O)C5(C)C)[C@]4(C=O)CC[C@]23C)[C@H](OC(C)=O)[C@@H](OC(C)=O)[C@@H]1OC(C)=O. The Morgan fingerprint density at radius 1 is 0.714 bits per heavy atom. The van der Waals surface area contributed by atoms with Crippen LogP contribution in [0.2, 0.25) is 0 Å². The average Bonchev–Trinajstić information content (AvgIpc) is 3.43. The molecule has 0 bridgehead atoms. The molecule has 5 aliphatic rings. The van der Waals surface area contributed by atoms with E-state index in [1.54, 1.807) is 0 Å². The highest BCUT2D eigenvalue weighted by molar-refractivity contribution is 5.70. The van der Waals surface area contributed by atoms with Crippen LogP contribution in [0, 0.1) is 45.3 Å². The van der Waals surface area contributed by atoms with E-state index in [1.807, 2.05) is 19.9 Å². The van der Waals surface area contributed by atoms with Crippen molar-refractivity contribution in [2.75, 3.05) is 6.61 Å². The Morgan fingerprint density at radius 3 is 1.86 bits per heavy atom. The summed E-state index contributed by atoms with van der Waals surface area (Å²) in [5, 5.41) is 0. The minimum Gasteiger partial charge on any atom is -0.463 e. The minimum absolute atomic E-state index is 0.0202. The zero-order valence-electron chi connectivity index (χ0n) is 39.4. The van der Waals surface area contributed by atoms with Crippen molar-refractivity contribution < 1.29 is 71.5 Å². The van der Waals surface area contributed by atoms with Gasteiger partial charge in [0.15, 0.2) is 24.6 Å². The lowest BCUT2D eigenvalue weighted by atomic mass is 9.38. The smallest absolute Gasteiger partial charge is 0.303 e. The highest BCUT2D eigenvalue weighted by atomic mass is 16.7. The first-order valence-electron chi connectivity index (χ1n) is 22.4. The van der Waals surface area contributed by atoms with Crippen molar-refractivity contribution in [2.24, 2.45) is 45.3 Å². The van der Waals surface area contributed by atoms with Crippen molar-refractivity contribution in [3.63, 3.8) is 0 Å². The number of esters is 6. The largest absolute Gasteiger partial charge is 0.463 e. The highest BCUT2D eigenvalue weighted by Gasteiger charge is 2.71. The van der Waals surface area contributed by atoms with Crippen molar-refractivity contribution in [2.45, 2.75) is 184 Å². The van der Waals surface area contributed by atoms with Crippen molar-refractivity contribution in [3.8, 4) is 0 Å². The third kappa shape index (κ3) is 9.94. The molecule has 15 atom stereocenters. The van der Waals surface area contributed by atoms with E-state index < -0.39 is 89.0 Å². The van der Waals surface area contributed by atoms with Gasteiger partial charge in [-0.3, -0.25) is 28.8 Å². The molecule has 0 N–H and O–H groups in total. The molecule has 0 aromatic carbocycles. The van der Waals surface area contributed by atoms with E-state index in [9.17, 15) is 33.6 Å². The van der Waals surface area contributed by atoms with E-state index in [0.29, 0.717) is 25.7 Å². The molecule has 0 aromatic rings. The maximum atomic E-state index is 13.9. The van der Waals surface area contributed by atoms with Gasteiger partial charge in [0.05, 0.1) is 6.10 Å². The predicted octanol–water partition coefficient (Wildman–Crippen LogP) is 6.70. The second-order valence-electron chi connectivity index (χ2n) is 20.0. The number of hydrogen-bond donors (Lipinski definition) is 0. The molecule has 0 spiro atoms. The molecule has 0 radical (unpaired) electrons. The van der Waals surface area contributed by atoms with Gasteiger partial charge in [-0.2, -0.15) is 0 Å². The van der Waals surface area contributed by atoms with Crippen LogP contribution < -0.4 is 0 Å². The summed E-state index contributed by atoms with van der Waals surface area (Å²) in [6.45, 7) is 21.9. The second-order valence-corrected chi connectivity index (χ2v) is 20.0. The highest BCUT2D eigenvalue weighted by Crippen LogP contribution is 2.75. The number of carbonyl (C=O) groups is 7. The van der Waals surface area contributed by atoms with Crippen molar-refractivity contribution in [1.82, 2.24) is 0 Å². The van der Waals surface area contributed by atoms with Gasteiger partial charge in [-0.15, -0.1) is 0 Å². The summed E-state index contributed by atoms with van der Waals surface area (Å²) in [5.41, 5.74) is -0.183. The fourth-order valence-corrected chi connectivity index (χ4v) is 12.7. The molecule has 15 heteroatoms. The van der Waals surface area contributed by atoms with Crippen molar-refractivity contribution in [1.29, 1.82) is 0 Å². The van der Waals surface area contributed by atoms with E-state index in [-0.39, 0.29) is 47.8 Å². The number of aldehydes is 1. The van der Waals surface area contributed by atoms with E-state index >= 15 is 0 Å². The van der Waals surface area contributed by atoms with E-state index in [1.165, 1.54) is 41.5 Å². The lowest BCUT2D eigenvalue weighted by Gasteiger charge is -2.66. The van der Waals surface area contributed by atoms with Crippen molar-refractivity contribution in [3.05, 3.63) is 23.3 Å². The van der Waals surface area contributed by atoms with Crippen molar-refractivity contribution >= 4 is 42.1 Å². The van der Waals surface area contributed by atoms with Crippen LogP contribution in [0.1, 0.15) is 135 Å². The molecule has 0 unspecified atom stereocenters. The van der Waals surface area contributed by atoms with Crippen LogP contribution in [0.15, 0.2) is 23.3 Å². The molecule has 1 heterocycles. The Kier molecular flexibility index (Phi) is 15.2. The summed E-state index contributed by atoms with van der Waals surface area (Å²) in [5.74, 6) is -3.85. The molecule has 15 nitrogen and oxygen atoms in total. The third-order valence-corrected chi connectivity index (χ3v) is 15.3. The van der Waals surface area contributed by atoms with E-state index in [2.05, 4.69) is 40.7 Å². The first-order chi connectivity index (χ1) is 29.3. The molecule has 1 aliphatic heterocycles. The number of carbonyl (C=O) groups excluding carboxylic acids is 7. The average molecular weight is 887 g/mol. The normalized spacial score (nSPS) is 37.4. The van der Waals surface area contributed by atoms with Crippen LogP contribution >= 0.6 is 0 Å². The number of fused-ring (bicyclic) bond motifs is 5. The number of hydrogen-bond acceptors (Lipinski definition) is 15. The maximum absolute atomic E-state index is 13.9. The maximum Gasteiger partial charge on any atom is 0.303 e. The predicted molar refractivity (Wildman–Crippen MR) is 226 cm³/mol. The lowest BCUT2D eigenvalue weighted by molar-refractivity contribution is -0.314. The molecular formula is C48H70O15. The van der Waals surface area contributed by atoms with Crippen LogP contribution in [0.25, 0.3) is 0 Å². The standard InChI is InChI=1S/C48H70O15/c1-25(2)20-33(62-44-42(61-32(9)55)41(60-31(8)54)40(59-30(7)53)38(63-44)23-56-27(4)50)21-26(3)34-16-17-47(13)43-37(57-28(5)51)22-36-35(48(43,24-49)19-18-46(34,47)12)14-15-39(45(36,10)11)58-29(6)52/h20,22,24,26,33-35,37-44H,14-19,21,23H2,1-13H3/t26-,33+,34-,35+,37+,38-,39+,40-,41+,42-,43+,44-,46-,47+,48-/m1/s1. The van der Waals surface area contributed by atoms with Gasteiger partial charge in [0.2, 0.25) is 0 Å². The van der Waals surface area contributed by atoms with Gasteiger partial charge in [0, 0.05) is 58.3 Å². The summed E-state index contributed by atoms with van der Waals surface area (Å²) < 4.78 is 47.4. The Morgan fingerprint density at radius 2 is 1.30 bits per heavy atom. The Hall–Kier alpha value is -4.11. The molecule has 4 aliphatic carbocycles. The third-order valence-electron chi connectivity index (χ3n) is 15.3. The van der Waals surface area contributed by atoms with Gasteiger partial charge in [-0.1, -0.05) is 51.8 Å². The molecule has 1 saturated heterocycles. The zero-order valence-corrected chi connectivity index (χ0v) is 39.4. The molecule has 63 heavy (non-hydrogen) atoms. The zero-order chi connectivity index (χ0) is 47.0. The topological polar surface area (TPSA) is 193 Å². The van der Waals surface area contributed by atoms with Gasteiger partial charge in [0.1, 0.15) is 31.2 Å². The van der Waals surface area contributed by atoms with Crippen LogP contribution in [0.3, 0.4) is 0 Å². The minimum atomic E-state index is -1.37. The Bertz CT molecular complexity index is 1850. The monoisotopic (exact) mass is 886 g/mol. The number of allylic oxidation sites excluding steroid dienone is 1. The molecular weight excluding hydrogens is 817 g/mol. The van der Waals surface area contributed by atoms with Crippen LogP contribution in [0.5, 0.6) is 0 Å². The Labute approximate surface area is 372 Å². The van der Waals surface area contributed by atoms with Crippen LogP contribution in [-0.4, -0.2) is 97.7 Å². The fraction of sp³-hybridized carbons (Fsp3) is 0.771. The van der Waals surface area contributed by atoms with Gasteiger partial charge in [0.25, 0.3) is 0 Å². The summed E-state index contributed by atoms with van der Waals surface area (Å²) in [6, 6.07) is 0. The van der Waals surface area contributed by atoms with Gasteiger partial charge < -0.3 is 42.7 Å². The van der Waals surface area contributed by atoms with E-state index in [4.69, 9.17) is 37.9 Å². The van der Waals surface area contributed by atoms with Gasteiger partial charge in [-0.05, 0) is 93.5 Å². The summed E-state index contributed by atoms with van der Waals surface area (Å²) in [4.78, 5) is 88.3. The second kappa shape index (κ2) is 19.2. The summed E-state index contributed by atoms with van der Waals surface area (Å²) in [6.07, 6.45) is 1.73. The quantitative estimate of drug-likeness (QED) is 0.0773. The first-order valence-corrected chi connectivity index (χ1v) is 22.4. The summed E-state index contributed by atoms with van der Waals surface area (Å²) in [7, 11) is 0. The molecule has 3 saturated carbocycles. The van der Waals surface area contributed by atoms with Gasteiger partial charge >= 0.3 is 35.8 Å². The molecule has 352 valence electrons.